The average Bonchev–Trinajstić information content (AvgIpc) is 2.21. The van der Waals surface area contributed by atoms with Crippen LogP contribution in [-0.2, 0) is 14.8 Å². The number of nitrogens with one attached hydrogen (secondary N) is 1. The minimum absolute atomic E-state index is 0.0382. The Bertz CT molecular complexity index is 626. The molecule has 0 fully saturated rings. The molecule has 1 aromatic rings. The molecule has 0 aliphatic heterocycles. The van der Waals surface area contributed by atoms with Gasteiger partial charge in [-0.3, -0.25) is 4.79 Å². The lowest BCUT2D eigenvalue weighted by Gasteiger charge is -2.22. The summed E-state index contributed by atoms with van der Waals surface area (Å²) in [7, 11) is -3.92. The van der Waals surface area contributed by atoms with Crippen LogP contribution in [0.1, 0.15) is 19.4 Å². The highest BCUT2D eigenvalue weighted by Crippen LogP contribution is 2.26. The first-order valence-electron chi connectivity index (χ1n) is 5.37. The first kappa shape index (κ1) is 15.7. The lowest BCUT2D eigenvalue weighted by molar-refractivity contribution is -0.122. The minimum atomic E-state index is -3.92. The molecule has 19 heavy (non-hydrogen) atoms. The third kappa shape index (κ3) is 3.37. The number of aryl methyl sites for hydroxylation is 1. The Morgan fingerprint density at radius 1 is 1.37 bits per heavy atom. The summed E-state index contributed by atoms with van der Waals surface area (Å²) in [5.74, 6) is -0.782. The van der Waals surface area contributed by atoms with Gasteiger partial charge in [0.05, 0.1) is 15.6 Å². The number of rotatable bonds is 4. The van der Waals surface area contributed by atoms with Gasteiger partial charge in [0.1, 0.15) is 5.54 Å². The molecule has 6 nitrogen and oxygen atoms in total. The van der Waals surface area contributed by atoms with Crippen molar-refractivity contribution >= 4 is 33.2 Å². The van der Waals surface area contributed by atoms with Crippen LogP contribution in [0.3, 0.4) is 0 Å². The van der Waals surface area contributed by atoms with Gasteiger partial charge >= 0.3 is 0 Å². The van der Waals surface area contributed by atoms with E-state index in [1.54, 1.807) is 6.92 Å². The molecular formula is C11H16ClN3O3S. The van der Waals surface area contributed by atoms with E-state index in [0.717, 1.165) is 0 Å². The monoisotopic (exact) mass is 305 g/mol. The van der Waals surface area contributed by atoms with Crippen molar-refractivity contribution in [3.8, 4) is 0 Å². The van der Waals surface area contributed by atoms with Crippen molar-refractivity contribution < 1.29 is 13.2 Å². The molecule has 0 spiro atoms. The van der Waals surface area contributed by atoms with Gasteiger partial charge in [-0.15, -0.1) is 0 Å². The van der Waals surface area contributed by atoms with E-state index in [1.807, 2.05) is 0 Å². The third-order valence-corrected chi connectivity index (χ3v) is 4.71. The zero-order valence-electron chi connectivity index (χ0n) is 10.8. The number of sulfonamides is 1. The van der Waals surface area contributed by atoms with E-state index in [2.05, 4.69) is 4.72 Å². The Morgan fingerprint density at radius 2 is 1.89 bits per heavy atom. The second-order valence-electron chi connectivity index (χ2n) is 4.73. The smallest absolute Gasteiger partial charge is 0.241 e. The molecule has 8 heteroatoms. The highest BCUT2D eigenvalue weighted by molar-refractivity contribution is 7.89. The van der Waals surface area contributed by atoms with Crippen LogP contribution in [0.25, 0.3) is 0 Å². The first-order valence-corrected chi connectivity index (χ1v) is 7.23. The van der Waals surface area contributed by atoms with E-state index in [9.17, 15) is 13.2 Å². The molecule has 0 bridgehead atoms. The van der Waals surface area contributed by atoms with Gasteiger partial charge in [0.2, 0.25) is 15.9 Å². The van der Waals surface area contributed by atoms with Crippen LogP contribution < -0.4 is 16.2 Å². The molecule has 0 radical (unpaired) electrons. The second-order valence-corrected chi connectivity index (χ2v) is 6.79. The molecular weight excluding hydrogens is 290 g/mol. The number of carbonyl (C=O) groups is 1. The fourth-order valence-electron chi connectivity index (χ4n) is 1.40. The van der Waals surface area contributed by atoms with Gasteiger partial charge in [-0.25, -0.2) is 8.42 Å². The third-order valence-electron chi connectivity index (χ3n) is 2.59. The fourth-order valence-corrected chi connectivity index (χ4v) is 3.26. The average molecular weight is 306 g/mol. The predicted octanol–water partition coefficient (Wildman–Crippen LogP) is 0.773. The van der Waals surface area contributed by atoms with Crippen molar-refractivity contribution in [1.29, 1.82) is 0 Å². The van der Waals surface area contributed by atoms with Crippen LogP contribution in [0.15, 0.2) is 17.0 Å². The maximum Gasteiger partial charge on any atom is 0.241 e. The zero-order chi connectivity index (χ0) is 15.0. The summed E-state index contributed by atoms with van der Waals surface area (Å²) in [4.78, 5) is 11.1. The van der Waals surface area contributed by atoms with Crippen LogP contribution in [0.4, 0.5) is 5.69 Å². The number of nitrogens with two attached hydrogens (primary N) is 2. The highest BCUT2D eigenvalue weighted by Gasteiger charge is 2.32. The lowest BCUT2D eigenvalue weighted by Crippen LogP contribution is -2.52. The molecule has 1 amide bonds. The number of hydrogen-bond donors (Lipinski definition) is 3. The van der Waals surface area contributed by atoms with Gasteiger partial charge in [-0.2, -0.15) is 4.72 Å². The van der Waals surface area contributed by atoms with Gasteiger partial charge in [-0.05, 0) is 38.5 Å². The van der Waals surface area contributed by atoms with Crippen molar-refractivity contribution in [2.45, 2.75) is 31.2 Å². The van der Waals surface area contributed by atoms with Crippen LogP contribution in [0.2, 0.25) is 5.02 Å². The summed E-state index contributed by atoms with van der Waals surface area (Å²) < 4.78 is 26.7. The lowest BCUT2D eigenvalue weighted by atomic mass is 10.1. The quantitative estimate of drug-likeness (QED) is 0.713. The number of carbonyl (C=O) groups excluding carboxylic acids is 1. The molecule has 1 aromatic carbocycles. The maximum atomic E-state index is 12.2. The van der Waals surface area contributed by atoms with Gasteiger partial charge in [0.25, 0.3) is 0 Å². The van der Waals surface area contributed by atoms with E-state index >= 15 is 0 Å². The van der Waals surface area contributed by atoms with Crippen molar-refractivity contribution in [3.05, 3.63) is 22.7 Å². The summed E-state index contributed by atoms with van der Waals surface area (Å²) in [6.07, 6.45) is 0. The van der Waals surface area contributed by atoms with Crippen molar-refractivity contribution in [1.82, 2.24) is 4.72 Å². The molecule has 0 saturated heterocycles. The summed E-state index contributed by atoms with van der Waals surface area (Å²) >= 11 is 5.81. The Balaban J connectivity index is 3.30. The molecule has 0 saturated carbocycles. The van der Waals surface area contributed by atoms with Crippen LogP contribution in [-0.4, -0.2) is 19.9 Å². The number of nitrogen functional groups attached to an aromatic ring is 1. The number of amides is 1. The number of benzene rings is 1. The van der Waals surface area contributed by atoms with Crippen LogP contribution >= 0.6 is 11.6 Å². The van der Waals surface area contributed by atoms with E-state index in [-0.39, 0.29) is 15.6 Å². The summed E-state index contributed by atoms with van der Waals surface area (Å²) in [5.41, 5.74) is 9.89. The molecule has 5 N–H and O–H groups in total. The Morgan fingerprint density at radius 3 is 2.37 bits per heavy atom. The molecule has 0 heterocycles. The largest absolute Gasteiger partial charge is 0.397 e. The fraction of sp³-hybridized carbons (Fsp3) is 0.364. The van der Waals surface area contributed by atoms with E-state index in [1.165, 1.54) is 26.0 Å². The summed E-state index contributed by atoms with van der Waals surface area (Å²) in [6, 6.07) is 2.69. The van der Waals surface area contributed by atoms with Crippen LogP contribution in [0, 0.1) is 6.92 Å². The molecule has 1 rings (SSSR count). The number of halogens is 1. The van der Waals surface area contributed by atoms with E-state index in [0.29, 0.717) is 5.56 Å². The molecule has 106 valence electrons. The second kappa shape index (κ2) is 4.99. The maximum absolute atomic E-state index is 12.2. The number of primary amides is 1. The first-order chi connectivity index (χ1) is 8.47. The van der Waals surface area contributed by atoms with Crippen molar-refractivity contribution in [2.75, 3.05) is 5.73 Å². The SMILES string of the molecule is Cc1cc(Cl)c(N)cc1S(=O)(=O)NC(C)(C)C(N)=O. The summed E-state index contributed by atoms with van der Waals surface area (Å²) in [5, 5.41) is 0.269. The predicted molar refractivity (Wildman–Crippen MR) is 74.2 cm³/mol. The minimum Gasteiger partial charge on any atom is -0.397 e. The Labute approximate surface area is 117 Å². The normalized spacial score (nSPS) is 12.4. The van der Waals surface area contributed by atoms with Crippen molar-refractivity contribution in [2.24, 2.45) is 5.73 Å². The van der Waals surface area contributed by atoms with E-state index < -0.39 is 21.5 Å². The molecule has 0 aliphatic carbocycles. The topological polar surface area (TPSA) is 115 Å². The molecule has 0 atom stereocenters. The number of anilines is 1. The van der Waals surface area contributed by atoms with Crippen LogP contribution in [0.5, 0.6) is 0 Å². The van der Waals surface area contributed by atoms with Gasteiger partial charge < -0.3 is 11.5 Å². The van der Waals surface area contributed by atoms with Gasteiger partial charge in [0, 0.05) is 0 Å². The zero-order valence-corrected chi connectivity index (χ0v) is 12.4. The molecule has 0 aliphatic rings. The summed E-state index contributed by atoms with van der Waals surface area (Å²) in [6.45, 7) is 4.33. The standard InChI is InChI=1S/C11H16ClN3O3S/c1-6-4-7(12)8(13)5-9(6)19(17,18)15-11(2,3)10(14)16/h4-5,15H,13H2,1-3H3,(H2,14,16). The van der Waals surface area contributed by atoms with Gasteiger partial charge in [0.15, 0.2) is 0 Å². The Hall–Kier alpha value is -1.31. The highest BCUT2D eigenvalue weighted by atomic mass is 35.5. The van der Waals surface area contributed by atoms with Gasteiger partial charge in [-0.1, -0.05) is 11.6 Å². The molecule has 0 unspecified atom stereocenters. The number of hydrogen-bond acceptors (Lipinski definition) is 4. The Kier molecular flexibility index (Phi) is 4.14. The van der Waals surface area contributed by atoms with Crippen molar-refractivity contribution in [3.63, 3.8) is 0 Å². The van der Waals surface area contributed by atoms with E-state index in [4.69, 9.17) is 23.1 Å². The molecule has 0 aromatic heterocycles.